The fourth-order valence-corrected chi connectivity index (χ4v) is 2.89. The van der Waals surface area contributed by atoms with Gasteiger partial charge in [0.05, 0.1) is 11.6 Å². The molecule has 1 unspecified atom stereocenters. The molecule has 2 heterocycles. The molecule has 15 heavy (non-hydrogen) atoms. The minimum atomic E-state index is 0.222. The number of nitrogens with zero attached hydrogens (tertiary/aromatic N) is 1. The fraction of sp³-hybridized carbons (Fsp3) is 0.300. The highest BCUT2D eigenvalue weighted by molar-refractivity contribution is 7.10. The number of thiophene rings is 1. The Morgan fingerprint density at radius 1 is 1.47 bits per heavy atom. The van der Waals surface area contributed by atoms with Crippen molar-refractivity contribution in [1.82, 2.24) is 10.4 Å². The molecule has 0 saturated heterocycles. The van der Waals surface area contributed by atoms with E-state index in [-0.39, 0.29) is 6.04 Å². The summed E-state index contributed by atoms with van der Waals surface area (Å²) in [7, 11) is 0. The molecular weight excluding hydrogens is 226 g/mol. The lowest BCUT2D eigenvalue weighted by Gasteiger charge is -2.12. The number of aromatic nitrogens is 1. The molecule has 5 heteroatoms. The molecule has 0 aliphatic rings. The second-order valence-electron chi connectivity index (χ2n) is 3.24. The molecule has 0 fully saturated rings. The summed E-state index contributed by atoms with van der Waals surface area (Å²) in [6.07, 6.45) is 3.95. The number of nitrogens with one attached hydrogen (secondary N) is 1. The van der Waals surface area contributed by atoms with E-state index in [0.29, 0.717) is 0 Å². The van der Waals surface area contributed by atoms with Crippen LogP contribution in [0.3, 0.4) is 0 Å². The van der Waals surface area contributed by atoms with Crippen LogP contribution in [0.25, 0.3) is 0 Å². The fourth-order valence-electron chi connectivity index (χ4n) is 1.45. The lowest BCUT2D eigenvalue weighted by atomic mass is 10.1. The number of hydrogen-bond donors (Lipinski definition) is 2. The Kier molecular flexibility index (Phi) is 3.85. The number of hydrogen-bond acceptors (Lipinski definition) is 5. The van der Waals surface area contributed by atoms with Crippen LogP contribution in [0.1, 0.15) is 22.2 Å². The number of hydrazine groups is 1. The molecule has 0 spiro atoms. The Bertz CT molecular complexity index is 369. The lowest BCUT2D eigenvalue weighted by molar-refractivity contribution is 0.525. The van der Waals surface area contributed by atoms with Gasteiger partial charge >= 0.3 is 0 Å². The zero-order valence-electron chi connectivity index (χ0n) is 8.22. The van der Waals surface area contributed by atoms with Gasteiger partial charge in [-0.25, -0.2) is 0 Å². The molecule has 2 rings (SSSR count). The van der Waals surface area contributed by atoms with Gasteiger partial charge in [0, 0.05) is 16.0 Å². The van der Waals surface area contributed by atoms with Crippen molar-refractivity contribution in [2.75, 3.05) is 0 Å². The third-order valence-electron chi connectivity index (χ3n) is 2.26. The molecule has 3 nitrogen and oxygen atoms in total. The van der Waals surface area contributed by atoms with Gasteiger partial charge in [-0.2, -0.15) is 0 Å². The average molecular weight is 239 g/mol. The third kappa shape index (κ3) is 2.85. The van der Waals surface area contributed by atoms with Gasteiger partial charge in [-0.15, -0.1) is 22.7 Å². The van der Waals surface area contributed by atoms with E-state index in [9.17, 15) is 0 Å². The molecule has 0 aliphatic carbocycles. The van der Waals surface area contributed by atoms with Crippen LogP contribution < -0.4 is 11.3 Å². The second kappa shape index (κ2) is 5.37. The molecule has 3 N–H and O–H groups in total. The van der Waals surface area contributed by atoms with Crippen molar-refractivity contribution >= 4 is 22.7 Å². The monoisotopic (exact) mass is 239 g/mol. The highest BCUT2D eigenvalue weighted by atomic mass is 32.1. The Labute approximate surface area is 96.9 Å². The van der Waals surface area contributed by atoms with E-state index in [2.05, 4.69) is 27.9 Å². The lowest BCUT2D eigenvalue weighted by Crippen LogP contribution is -2.27. The number of nitrogens with two attached hydrogens (primary N) is 1. The van der Waals surface area contributed by atoms with Crippen molar-refractivity contribution in [3.63, 3.8) is 0 Å². The third-order valence-corrected chi connectivity index (χ3v) is 4.08. The quantitative estimate of drug-likeness (QED) is 0.622. The Morgan fingerprint density at radius 2 is 2.40 bits per heavy atom. The van der Waals surface area contributed by atoms with E-state index in [0.717, 1.165) is 12.8 Å². The zero-order valence-corrected chi connectivity index (χ0v) is 9.85. The van der Waals surface area contributed by atoms with E-state index in [1.807, 2.05) is 11.7 Å². The molecular formula is C10H13N3S2. The van der Waals surface area contributed by atoms with Gasteiger partial charge in [0.1, 0.15) is 0 Å². The first-order valence-corrected chi connectivity index (χ1v) is 6.53. The van der Waals surface area contributed by atoms with Gasteiger partial charge in [-0.3, -0.25) is 16.3 Å². The maximum Gasteiger partial charge on any atom is 0.0794 e. The molecule has 0 amide bonds. The van der Waals surface area contributed by atoms with E-state index in [1.165, 1.54) is 9.75 Å². The first-order valence-electron chi connectivity index (χ1n) is 4.77. The largest absolute Gasteiger partial charge is 0.271 e. The van der Waals surface area contributed by atoms with E-state index in [4.69, 9.17) is 5.84 Å². The van der Waals surface area contributed by atoms with Crippen LogP contribution in [0.15, 0.2) is 29.2 Å². The van der Waals surface area contributed by atoms with Gasteiger partial charge in [-0.05, 0) is 24.3 Å². The van der Waals surface area contributed by atoms with Crippen LogP contribution in [0.5, 0.6) is 0 Å². The van der Waals surface area contributed by atoms with Crippen LogP contribution in [-0.4, -0.2) is 4.98 Å². The second-order valence-corrected chi connectivity index (χ2v) is 5.19. The van der Waals surface area contributed by atoms with Crippen molar-refractivity contribution < 1.29 is 0 Å². The number of thiazole rings is 1. The smallest absolute Gasteiger partial charge is 0.0794 e. The van der Waals surface area contributed by atoms with Gasteiger partial charge in [-0.1, -0.05) is 6.07 Å². The molecule has 0 saturated carbocycles. The molecule has 0 radical (unpaired) electrons. The minimum Gasteiger partial charge on any atom is -0.271 e. The molecule has 0 aromatic carbocycles. The standard InChI is InChI=1S/C10H13N3S2/c11-13-9(10-6-12-7-15-10)4-3-8-2-1-5-14-8/h1-2,5-7,9,13H,3-4,11H2. The van der Waals surface area contributed by atoms with Crippen LogP contribution in [0, 0.1) is 0 Å². The first kappa shape index (κ1) is 10.8. The summed E-state index contributed by atoms with van der Waals surface area (Å²) >= 11 is 3.43. The maximum atomic E-state index is 5.54. The summed E-state index contributed by atoms with van der Waals surface area (Å²) in [6, 6.07) is 4.46. The topological polar surface area (TPSA) is 50.9 Å². The predicted molar refractivity (Wildman–Crippen MR) is 64.8 cm³/mol. The van der Waals surface area contributed by atoms with Gasteiger partial charge in [0.2, 0.25) is 0 Å². The van der Waals surface area contributed by atoms with Crippen molar-refractivity contribution in [1.29, 1.82) is 0 Å². The van der Waals surface area contributed by atoms with E-state index in [1.54, 1.807) is 22.7 Å². The molecule has 1 atom stereocenters. The molecule has 2 aromatic heterocycles. The maximum absolute atomic E-state index is 5.54. The molecule has 0 aliphatic heterocycles. The highest BCUT2D eigenvalue weighted by Gasteiger charge is 2.11. The van der Waals surface area contributed by atoms with Crippen molar-refractivity contribution in [3.05, 3.63) is 39.0 Å². The zero-order chi connectivity index (χ0) is 10.5. The Balaban J connectivity index is 1.92. The van der Waals surface area contributed by atoms with E-state index >= 15 is 0 Å². The summed E-state index contributed by atoms with van der Waals surface area (Å²) in [6.45, 7) is 0. The summed E-state index contributed by atoms with van der Waals surface area (Å²) in [4.78, 5) is 6.67. The predicted octanol–water partition coefficient (Wildman–Crippen LogP) is 2.34. The average Bonchev–Trinajstić information content (AvgIpc) is 2.90. The van der Waals surface area contributed by atoms with E-state index < -0.39 is 0 Å². The molecule has 0 bridgehead atoms. The van der Waals surface area contributed by atoms with Gasteiger partial charge in [0.25, 0.3) is 0 Å². The van der Waals surface area contributed by atoms with Gasteiger partial charge < -0.3 is 0 Å². The van der Waals surface area contributed by atoms with Crippen LogP contribution in [-0.2, 0) is 6.42 Å². The SMILES string of the molecule is NNC(CCc1cccs1)c1cncs1. The molecule has 2 aromatic rings. The summed E-state index contributed by atoms with van der Waals surface area (Å²) in [5, 5.41) is 2.10. The van der Waals surface area contributed by atoms with Crippen molar-refractivity contribution in [3.8, 4) is 0 Å². The van der Waals surface area contributed by atoms with Gasteiger partial charge in [0.15, 0.2) is 0 Å². The minimum absolute atomic E-state index is 0.222. The first-order chi connectivity index (χ1) is 7.40. The van der Waals surface area contributed by atoms with Crippen LogP contribution in [0.2, 0.25) is 0 Å². The Hall–Kier alpha value is -0.750. The van der Waals surface area contributed by atoms with Crippen LogP contribution in [0.4, 0.5) is 0 Å². The highest BCUT2D eigenvalue weighted by Crippen LogP contribution is 2.22. The van der Waals surface area contributed by atoms with Crippen molar-refractivity contribution in [2.24, 2.45) is 5.84 Å². The number of rotatable bonds is 5. The molecule has 80 valence electrons. The number of aryl methyl sites for hydroxylation is 1. The summed E-state index contributed by atoms with van der Waals surface area (Å²) in [5.74, 6) is 5.54. The van der Waals surface area contributed by atoms with Crippen LogP contribution >= 0.6 is 22.7 Å². The van der Waals surface area contributed by atoms with Crippen molar-refractivity contribution in [2.45, 2.75) is 18.9 Å². The normalized spacial score (nSPS) is 12.9. The summed E-state index contributed by atoms with van der Waals surface area (Å²) in [5.41, 5.74) is 4.68. The Morgan fingerprint density at radius 3 is 3.00 bits per heavy atom. The summed E-state index contributed by atoms with van der Waals surface area (Å²) < 4.78 is 0.